The number of thiophene rings is 1. The zero-order chi connectivity index (χ0) is 17.2. The summed E-state index contributed by atoms with van der Waals surface area (Å²) < 4.78 is 11.3. The number of imidazole rings is 1. The molecule has 128 valence electrons. The average molecular weight is 372 g/mol. The molecule has 0 bridgehead atoms. The monoisotopic (exact) mass is 372 g/mol. The Labute approximate surface area is 152 Å². The zero-order valence-electron chi connectivity index (χ0n) is 13.7. The number of ether oxygens (including phenoxy) is 1. The number of hydrogen-bond acceptors (Lipinski definition) is 7. The van der Waals surface area contributed by atoms with Gasteiger partial charge in [0.15, 0.2) is 5.16 Å². The van der Waals surface area contributed by atoms with E-state index < -0.39 is 0 Å². The van der Waals surface area contributed by atoms with Crippen LogP contribution in [0.15, 0.2) is 45.3 Å². The number of aromatic nitrogens is 4. The predicted octanol–water partition coefficient (Wildman–Crippen LogP) is 4.93. The van der Waals surface area contributed by atoms with E-state index in [1.54, 1.807) is 23.1 Å². The Hall–Kier alpha value is -2.32. The topological polar surface area (TPSA) is 76.8 Å². The van der Waals surface area contributed by atoms with E-state index in [2.05, 4.69) is 20.2 Å². The van der Waals surface area contributed by atoms with Crippen LogP contribution in [0.2, 0.25) is 0 Å². The van der Waals surface area contributed by atoms with Crippen LogP contribution in [0, 0.1) is 0 Å². The van der Waals surface area contributed by atoms with Crippen molar-refractivity contribution >= 4 is 34.1 Å². The molecule has 1 unspecified atom stereocenters. The van der Waals surface area contributed by atoms with Crippen LogP contribution < -0.4 is 4.74 Å². The van der Waals surface area contributed by atoms with Crippen molar-refractivity contribution in [1.29, 1.82) is 0 Å². The summed E-state index contributed by atoms with van der Waals surface area (Å²) in [5, 5.41) is 11.1. The molecule has 0 spiro atoms. The van der Waals surface area contributed by atoms with Crippen LogP contribution in [0.1, 0.15) is 25.0 Å². The molecule has 3 heterocycles. The maximum absolute atomic E-state index is 5.79. The number of fused-ring (bicyclic) bond motifs is 1. The van der Waals surface area contributed by atoms with Crippen molar-refractivity contribution in [3.63, 3.8) is 0 Å². The third-order valence-electron chi connectivity index (χ3n) is 3.55. The van der Waals surface area contributed by atoms with E-state index >= 15 is 0 Å². The number of thioether (sulfide) groups is 1. The first-order chi connectivity index (χ1) is 12.2. The minimum absolute atomic E-state index is 0.00635. The van der Waals surface area contributed by atoms with Gasteiger partial charge >= 0.3 is 0 Å². The summed E-state index contributed by atoms with van der Waals surface area (Å²) in [4.78, 5) is 8.89. The Bertz CT molecular complexity index is 978. The third-order valence-corrected chi connectivity index (χ3v) is 5.38. The lowest BCUT2D eigenvalue weighted by atomic mass is 10.3. The highest BCUT2D eigenvalue weighted by molar-refractivity contribution is 7.99. The lowest BCUT2D eigenvalue weighted by Crippen LogP contribution is -1.90. The lowest BCUT2D eigenvalue weighted by Gasteiger charge is -2.02. The second-order valence-electron chi connectivity index (χ2n) is 5.34. The van der Waals surface area contributed by atoms with Crippen LogP contribution in [0.5, 0.6) is 5.75 Å². The molecule has 0 saturated heterocycles. The first-order valence-corrected chi connectivity index (χ1v) is 9.65. The van der Waals surface area contributed by atoms with Crippen molar-refractivity contribution < 1.29 is 9.15 Å². The smallest absolute Gasteiger partial charge is 0.257 e. The number of nitrogens with one attached hydrogen (secondary N) is 1. The summed E-state index contributed by atoms with van der Waals surface area (Å²) in [6.07, 6.45) is 0. The van der Waals surface area contributed by atoms with Gasteiger partial charge in [-0.3, -0.25) is 0 Å². The van der Waals surface area contributed by atoms with E-state index in [0.29, 0.717) is 18.4 Å². The highest BCUT2D eigenvalue weighted by atomic mass is 32.2. The number of hydrogen-bond donors (Lipinski definition) is 1. The summed E-state index contributed by atoms with van der Waals surface area (Å²) in [5.41, 5.74) is 1.86. The van der Waals surface area contributed by atoms with Crippen LogP contribution in [-0.4, -0.2) is 26.8 Å². The van der Waals surface area contributed by atoms with Gasteiger partial charge in [-0.05, 0) is 37.4 Å². The maximum Gasteiger partial charge on any atom is 0.257 e. The fourth-order valence-corrected chi connectivity index (χ4v) is 3.89. The molecule has 1 atom stereocenters. The summed E-state index contributed by atoms with van der Waals surface area (Å²) in [6.45, 7) is 4.63. The van der Waals surface area contributed by atoms with Gasteiger partial charge in [0, 0.05) is 6.07 Å². The van der Waals surface area contributed by atoms with Crippen molar-refractivity contribution in [2.45, 2.75) is 24.3 Å². The summed E-state index contributed by atoms with van der Waals surface area (Å²) in [5.74, 6) is 1.98. The number of aromatic amines is 1. The SMILES string of the molecule is CCOc1ccc2nc(SC(C)c3nnc(-c4cccs4)o3)[nH]c2c1. The van der Waals surface area contributed by atoms with E-state index in [9.17, 15) is 0 Å². The molecule has 25 heavy (non-hydrogen) atoms. The molecule has 1 aromatic carbocycles. The molecule has 0 radical (unpaired) electrons. The molecule has 0 aliphatic carbocycles. The van der Waals surface area contributed by atoms with Crippen molar-refractivity contribution in [2.24, 2.45) is 0 Å². The van der Waals surface area contributed by atoms with E-state index in [1.807, 2.05) is 49.6 Å². The molecular weight excluding hydrogens is 356 g/mol. The van der Waals surface area contributed by atoms with Gasteiger partial charge in [0.1, 0.15) is 5.75 Å². The van der Waals surface area contributed by atoms with Gasteiger partial charge in [0.2, 0.25) is 5.89 Å². The standard InChI is InChI=1S/C17H16N4O2S2/c1-3-22-11-6-7-12-13(9-11)19-17(18-12)25-10(2)15-20-21-16(23-15)14-5-4-8-24-14/h4-10H,3H2,1-2H3,(H,18,19). The van der Waals surface area contributed by atoms with E-state index in [4.69, 9.17) is 9.15 Å². The minimum Gasteiger partial charge on any atom is -0.494 e. The molecule has 0 aliphatic heterocycles. The molecule has 4 rings (SSSR count). The molecule has 6 nitrogen and oxygen atoms in total. The molecule has 0 fully saturated rings. The molecular formula is C17H16N4O2S2. The second-order valence-corrected chi connectivity index (χ2v) is 7.61. The minimum atomic E-state index is -0.00635. The fourth-order valence-electron chi connectivity index (χ4n) is 2.39. The van der Waals surface area contributed by atoms with Crippen LogP contribution in [0.25, 0.3) is 21.8 Å². The van der Waals surface area contributed by atoms with Gasteiger partial charge in [-0.15, -0.1) is 21.5 Å². The van der Waals surface area contributed by atoms with Gasteiger partial charge in [0.25, 0.3) is 5.89 Å². The highest BCUT2D eigenvalue weighted by Crippen LogP contribution is 2.35. The van der Waals surface area contributed by atoms with E-state index in [0.717, 1.165) is 26.8 Å². The van der Waals surface area contributed by atoms with Crippen LogP contribution >= 0.6 is 23.1 Å². The maximum atomic E-state index is 5.79. The number of nitrogens with zero attached hydrogens (tertiary/aromatic N) is 3. The Kier molecular flexibility index (Phi) is 4.46. The van der Waals surface area contributed by atoms with Gasteiger partial charge < -0.3 is 14.1 Å². The first-order valence-electron chi connectivity index (χ1n) is 7.89. The molecule has 0 aliphatic rings. The molecule has 1 N–H and O–H groups in total. The number of rotatable bonds is 6. The Morgan fingerprint density at radius 3 is 3.04 bits per heavy atom. The largest absolute Gasteiger partial charge is 0.494 e. The molecule has 4 aromatic rings. The number of H-pyrrole nitrogens is 1. The van der Waals surface area contributed by atoms with Gasteiger partial charge in [-0.1, -0.05) is 17.8 Å². The molecule has 8 heteroatoms. The highest BCUT2D eigenvalue weighted by Gasteiger charge is 2.18. The normalized spacial score (nSPS) is 12.6. The van der Waals surface area contributed by atoms with Crippen LogP contribution in [0.3, 0.4) is 0 Å². The van der Waals surface area contributed by atoms with Crippen molar-refractivity contribution in [2.75, 3.05) is 6.61 Å². The van der Waals surface area contributed by atoms with Crippen molar-refractivity contribution in [3.05, 3.63) is 41.6 Å². The number of benzene rings is 1. The molecule has 3 aromatic heterocycles. The van der Waals surface area contributed by atoms with Crippen LogP contribution in [-0.2, 0) is 0 Å². The molecule has 0 saturated carbocycles. The van der Waals surface area contributed by atoms with Crippen molar-refractivity contribution in [3.8, 4) is 16.5 Å². The lowest BCUT2D eigenvalue weighted by molar-refractivity contribution is 0.340. The van der Waals surface area contributed by atoms with Gasteiger partial charge in [-0.2, -0.15) is 0 Å². The Morgan fingerprint density at radius 1 is 1.32 bits per heavy atom. The van der Waals surface area contributed by atoms with E-state index in [-0.39, 0.29) is 5.25 Å². The second kappa shape index (κ2) is 6.89. The molecule has 0 amide bonds. The van der Waals surface area contributed by atoms with E-state index in [1.165, 1.54) is 0 Å². The Morgan fingerprint density at radius 2 is 2.24 bits per heavy atom. The average Bonchev–Trinajstić information content (AvgIpc) is 3.34. The quantitative estimate of drug-likeness (QED) is 0.484. The predicted molar refractivity (Wildman–Crippen MR) is 99.1 cm³/mol. The summed E-state index contributed by atoms with van der Waals surface area (Å²) in [6, 6.07) is 9.77. The fraction of sp³-hybridized carbons (Fsp3) is 0.235. The Balaban J connectivity index is 1.52. The summed E-state index contributed by atoms with van der Waals surface area (Å²) >= 11 is 3.13. The zero-order valence-corrected chi connectivity index (χ0v) is 15.4. The third kappa shape index (κ3) is 3.40. The summed E-state index contributed by atoms with van der Waals surface area (Å²) in [7, 11) is 0. The first kappa shape index (κ1) is 16.2. The van der Waals surface area contributed by atoms with Gasteiger partial charge in [0.05, 0.1) is 27.8 Å². The van der Waals surface area contributed by atoms with Crippen molar-refractivity contribution in [1.82, 2.24) is 20.2 Å². The van der Waals surface area contributed by atoms with Gasteiger partial charge in [-0.25, -0.2) is 4.98 Å². The van der Waals surface area contributed by atoms with Crippen LogP contribution in [0.4, 0.5) is 0 Å².